The van der Waals surface area contributed by atoms with Gasteiger partial charge in [-0.1, -0.05) is 18.2 Å². The number of para-hydroxylation sites is 1. The van der Waals surface area contributed by atoms with E-state index in [1.165, 1.54) is 0 Å². The summed E-state index contributed by atoms with van der Waals surface area (Å²) in [6.45, 7) is 2.31. The van der Waals surface area contributed by atoms with Crippen molar-refractivity contribution < 1.29 is 24.2 Å². The molecule has 3 aromatic rings. The quantitative estimate of drug-likeness (QED) is 0.338. The van der Waals surface area contributed by atoms with Gasteiger partial charge in [-0.2, -0.15) is 0 Å². The van der Waals surface area contributed by atoms with E-state index in [2.05, 4.69) is 5.32 Å². The van der Waals surface area contributed by atoms with Crippen LogP contribution in [0.4, 0.5) is 0 Å². The van der Waals surface area contributed by atoms with Gasteiger partial charge < -0.3 is 19.7 Å². The van der Waals surface area contributed by atoms with Crippen LogP contribution in [0.5, 0.6) is 5.75 Å². The molecule has 0 aliphatic heterocycles. The Hall–Kier alpha value is -3.61. The molecule has 0 radical (unpaired) electrons. The molecule has 1 aliphatic carbocycles. The molecule has 1 aliphatic rings. The first-order chi connectivity index (χ1) is 16.8. The molecule has 2 N–H and O–H groups in total. The molecule has 7 nitrogen and oxygen atoms in total. The Bertz CT molecular complexity index is 1240. The second-order valence-corrected chi connectivity index (χ2v) is 9.34. The fourth-order valence-electron chi connectivity index (χ4n) is 4.83. The lowest BCUT2D eigenvalue weighted by Gasteiger charge is -2.27. The highest BCUT2D eigenvalue weighted by Gasteiger charge is 2.27. The normalized spacial score (nSPS) is 17.8. The third kappa shape index (κ3) is 5.73. The lowest BCUT2D eigenvalue weighted by atomic mass is 9.87. The maximum Gasteiger partial charge on any atom is 0.306 e. The molecular weight excluding hydrogens is 444 g/mol. The Balaban J connectivity index is 1.25. The predicted octanol–water partition coefficient (Wildman–Crippen LogP) is 4.90. The number of Topliss-reactive ketones (excluding diaryl/α,β-unsaturated/α-hetero) is 1. The minimum atomic E-state index is -0.727. The number of aliphatic carboxylic acids is 1. The van der Waals surface area contributed by atoms with Crippen LogP contribution in [0.15, 0.2) is 48.5 Å². The molecule has 0 spiro atoms. The van der Waals surface area contributed by atoms with Gasteiger partial charge in [0.1, 0.15) is 11.4 Å². The molecule has 1 fully saturated rings. The summed E-state index contributed by atoms with van der Waals surface area (Å²) in [5.74, 6) is -0.398. The number of benzene rings is 2. The smallest absolute Gasteiger partial charge is 0.306 e. The van der Waals surface area contributed by atoms with Crippen molar-refractivity contribution in [3.8, 4) is 5.75 Å². The molecule has 1 heterocycles. The van der Waals surface area contributed by atoms with E-state index in [1.807, 2.05) is 61.0 Å². The monoisotopic (exact) mass is 476 g/mol. The number of nitrogens with zero attached hydrogens (tertiary/aromatic N) is 1. The molecule has 0 atom stereocenters. The zero-order valence-corrected chi connectivity index (χ0v) is 20.3. The fourth-order valence-corrected chi connectivity index (χ4v) is 4.83. The van der Waals surface area contributed by atoms with E-state index in [1.54, 1.807) is 6.07 Å². The average Bonchev–Trinajstić information content (AvgIpc) is 3.18. The number of ketones is 1. The largest absolute Gasteiger partial charge is 0.490 e. The number of carbonyl (C=O) groups is 3. The van der Waals surface area contributed by atoms with Crippen molar-refractivity contribution in [1.29, 1.82) is 0 Å². The average molecular weight is 477 g/mol. The van der Waals surface area contributed by atoms with Crippen molar-refractivity contribution >= 4 is 28.6 Å². The number of aryl methyl sites for hydroxylation is 2. The molecule has 0 unspecified atom stereocenters. The number of hydrogen-bond donors (Lipinski definition) is 2. The summed E-state index contributed by atoms with van der Waals surface area (Å²) < 4.78 is 7.92. The van der Waals surface area contributed by atoms with E-state index in [-0.39, 0.29) is 23.7 Å². The summed E-state index contributed by atoms with van der Waals surface area (Å²) in [6.07, 6.45) is 3.62. The lowest BCUT2D eigenvalue weighted by molar-refractivity contribution is -0.143. The zero-order valence-electron chi connectivity index (χ0n) is 20.3. The molecule has 1 amide bonds. The van der Waals surface area contributed by atoms with Crippen molar-refractivity contribution in [2.24, 2.45) is 13.0 Å². The van der Waals surface area contributed by atoms with Crippen molar-refractivity contribution in [2.75, 3.05) is 6.54 Å². The number of ether oxygens (including phenoxy) is 1. The highest BCUT2D eigenvalue weighted by molar-refractivity contribution is 5.99. The number of nitrogens with one attached hydrogen (secondary N) is 1. The Kier molecular flexibility index (Phi) is 7.54. The van der Waals surface area contributed by atoms with E-state index in [0.29, 0.717) is 49.2 Å². The maximum atomic E-state index is 12.7. The van der Waals surface area contributed by atoms with Crippen molar-refractivity contribution in [2.45, 2.75) is 51.6 Å². The first kappa shape index (κ1) is 24.5. The fraction of sp³-hybridized carbons (Fsp3) is 0.393. The van der Waals surface area contributed by atoms with Crippen LogP contribution in [-0.2, 0) is 11.8 Å². The standard InChI is InChI=1S/C28H32N2O5/c1-18-16-22(35-21-11-9-19(10-12-21)28(33)34)13-14-23(18)26(31)8-5-15-29-27(32)25-17-20-6-3-4-7-24(20)30(25)2/h3-4,6-7,13-14,16-17,19,21H,5,8-12,15H2,1-2H3,(H,29,32)(H,33,34). The van der Waals surface area contributed by atoms with Crippen LogP contribution >= 0.6 is 0 Å². The molecule has 0 bridgehead atoms. The summed E-state index contributed by atoms with van der Waals surface area (Å²) in [7, 11) is 1.87. The number of rotatable bonds is 9. The molecule has 2 aromatic carbocycles. The summed E-state index contributed by atoms with van der Waals surface area (Å²) in [6, 6.07) is 15.2. The van der Waals surface area contributed by atoms with Gasteiger partial charge in [-0.3, -0.25) is 14.4 Å². The Labute approximate surface area is 205 Å². The summed E-state index contributed by atoms with van der Waals surface area (Å²) in [5, 5.41) is 13.1. The third-order valence-corrected chi connectivity index (χ3v) is 6.87. The minimum Gasteiger partial charge on any atom is -0.490 e. The number of fused-ring (bicyclic) bond motifs is 1. The molecule has 1 aromatic heterocycles. The Morgan fingerprint density at radius 1 is 1.06 bits per heavy atom. The summed E-state index contributed by atoms with van der Waals surface area (Å²) in [4.78, 5) is 36.4. The second kappa shape index (κ2) is 10.8. The van der Waals surface area contributed by atoms with Gasteiger partial charge in [0.2, 0.25) is 0 Å². The van der Waals surface area contributed by atoms with Gasteiger partial charge in [0, 0.05) is 36.5 Å². The molecular formula is C28H32N2O5. The van der Waals surface area contributed by atoms with Gasteiger partial charge >= 0.3 is 5.97 Å². The molecule has 1 saturated carbocycles. The highest BCUT2D eigenvalue weighted by atomic mass is 16.5. The van der Waals surface area contributed by atoms with Gasteiger partial charge in [0.15, 0.2) is 5.78 Å². The van der Waals surface area contributed by atoms with Crippen LogP contribution in [-0.4, -0.2) is 40.0 Å². The second-order valence-electron chi connectivity index (χ2n) is 9.34. The maximum absolute atomic E-state index is 12.7. The van der Waals surface area contributed by atoms with Crippen LogP contribution in [0, 0.1) is 12.8 Å². The van der Waals surface area contributed by atoms with Crippen molar-refractivity contribution in [3.05, 3.63) is 65.4 Å². The van der Waals surface area contributed by atoms with Crippen LogP contribution in [0.25, 0.3) is 10.9 Å². The van der Waals surface area contributed by atoms with E-state index in [0.717, 1.165) is 29.3 Å². The number of aromatic nitrogens is 1. The SMILES string of the molecule is Cc1cc(OC2CCC(C(=O)O)CC2)ccc1C(=O)CCCNC(=O)c1cc2ccccc2n1C. The van der Waals surface area contributed by atoms with Crippen LogP contribution in [0.1, 0.15) is 64.9 Å². The first-order valence-corrected chi connectivity index (χ1v) is 12.2. The van der Waals surface area contributed by atoms with Gasteiger partial charge in [-0.05, 0) is 74.9 Å². The number of carbonyl (C=O) groups excluding carboxylic acids is 2. The zero-order chi connectivity index (χ0) is 24.9. The molecule has 7 heteroatoms. The summed E-state index contributed by atoms with van der Waals surface area (Å²) in [5.41, 5.74) is 3.11. The molecule has 4 rings (SSSR count). The van der Waals surface area contributed by atoms with Crippen LogP contribution in [0.3, 0.4) is 0 Å². The van der Waals surface area contributed by atoms with Crippen LogP contribution in [0.2, 0.25) is 0 Å². The van der Waals surface area contributed by atoms with Crippen molar-refractivity contribution in [1.82, 2.24) is 9.88 Å². The highest BCUT2D eigenvalue weighted by Crippen LogP contribution is 2.29. The Morgan fingerprint density at radius 3 is 2.49 bits per heavy atom. The molecule has 0 saturated heterocycles. The van der Waals surface area contributed by atoms with Crippen molar-refractivity contribution in [3.63, 3.8) is 0 Å². The lowest BCUT2D eigenvalue weighted by Crippen LogP contribution is -2.27. The number of hydrogen-bond acceptors (Lipinski definition) is 4. The topological polar surface area (TPSA) is 97.6 Å². The van der Waals surface area contributed by atoms with Gasteiger partial charge in [-0.15, -0.1) is 0 Å². The number of carboxylic acids is 1. The van der Waals surface area contributed by atoms with E-state index in [4.69, 9.17) is 9.84 Å². The first-order valence-electron chi connectivity index (χ1n) is 12.2. The number of carboxylic acid groups (broad SMARTS) is 1. The number of amides is 1. The Morgan fingerprint density at radius 2 is 1.80 bits per heavy atom. The van der Waals surface area contributed by atoms with Gasteiger partial charge in [0.25, 0.3) is 5.91 Å². The minimum absolute atomic E-state index is 0.0111. The molecule has 184 valence electrons. The van der Waals surface area contributed by atoms with Gasteiger partial charge in [0.05, 0.1) is 12.0 Å². The summed E-state index contributed by atoms with van der Waals surface area (Å²) >= 11 is 0. The third-order valence-electron chi connectivity index (χ3n) is 6.87. The van der Waals surface area contributed by atoms with E-state index >= 15 is 0 Å². The molecule has 35 heavy (non-hydrogen) atoms. The van der Waals surface area contributed by atoms with E-state index < -0.39 is 5.97 Å². The van der Waals surface area contributed by atoms with Crippen LogP contribution < -0.4 is 10.1 Å². The van der Waals surface area contributed by atoms with Gasteiger partial charge in [-0.25, -0.2) is 0 Å². The van der Waals surface area contributed by atoms with E-state index in [9.17, 15) is 14.4 Å². The predicted molar refractivity (Wildman–Crippen MR) is 134 cm³/mol.